The Balaban J connectivity index is 1.92. The van der Waals surface area contributed by atoms with Crippen LogP contribution in [-0.4, -0.2) is 32.3 Å². The van der Waals surface area contributed by atoms with Gasteiger partial charge in [0.15, 0.2) is 5.82 Å². The normalized spacial score (nSPS) is 12.1. The monoisotopic (exact) mass is 370 g/mol. The lowest BCUT2D eigenvalue weighted by Crippen LogP contribution is -2.17. The van der Waals surface area contributed by atoms with Gasteiger partial charge in [-0.2, -0.15) is 4.73 Å². The van der Waals surface area contributed by atoms with Crippen molar-refractivity contribution in [1.82, 2.24) is 14.7 Å². The van der Waals surface area contributed by atoms with Crippen LogP contribution < -0.4 is 16.3 Å². The van der Waals surface area contributed by atoms with E-state index in [9.17, 15) is 0 Å². The van der Waals surface area contributed by atoms with Crippen LogP contribution in [0.5, 0.6) is 0 Å². The van der Waals surface area contributed by atoms with Crippen LogP contribution in [0.2, 0.25) is 0 Å². The number of aryl methyl sites for hydroxylation is 1. The van der Waals surface area contributed by atoms with Crippen LogP contribution in [0.15, 0.2) is 29.4 Å². The molecule has 3 rings (SSSR count). The molecule has 5 N–H and O–H groups in total. The number of anilines is 1. The van der Waals surface area contributed by atoms with E-state index >= 15 is 0 Å². The van der Waals surface area contributed by atoms with E-state index in [0.717, 1.165) is 54.3 Å². The number of oxime groups is 1. The minimum atomic E-state index is 0.233. The second kappa shape index (κ2) is 8.57. The zero-order valence-corrected chi connectivity index (χ0v) is 15.6. The molecule has 0 spiro atoms. The number of nitrogens with two attached hydrogens (primary N) is 2. The maximum atomic E-state index is 8.61. The van der Waals surface area contributed by atoms with Crippen LogP contribution in [0.4, 0.5) is 5.82 Å². The Morgan fingerprint density at radius 1 is 1.22 bits per heavy atom. The first kappa shape index (κ1) is 18.8. The lowest BCUT2D eigenvalue weighted by Gasteiger charge is -2.12. The van der Waals surface area contributed by atoms with Crippen LogP contribution in [0.25, 0.3) is 21.9 Å². The summed E-state index contributed by atoms with van der Waals surface area (Å²) in [7, 11) is 0. The smallest absolute Gasteiger partial charge is 0.152 e. The van der Waals surface area contributed by atoms with Crippen molar-refractivity contribution in [2.24, 2.45) is 10.9 Å². The molecule has 0 aliphatic heterocycles. The summed E-state index contributed by atoms with van der Waals surface area (Å²) in [6.07, 6.45) is 4.98. The van der Waals surface area contributed by atoms with Gasteiger partial charge in [-0.15, -0.1) is 0 Å². The van der Waals surface area contributed by atoms with Crippen molar-refractivity contribution in [2.75, 3.05) is 12.3 Å². The number of unbranched alkanes of at least 4 members (excludes halogenated alkanes) is 2. The van der Waals surface area contributed by atoms with Gasteiger partial charge in [0.05, 0.1) is 5.52 Å². The molecule has 8 nitrogen and oxygen atoms in total. The molecule has 8 heteroatoms. The quantitative estimate of drug-likeness (QED) is 0.175. The van der Waals surface area contributed by atoms with Crippen molar-refractivity contribution < 1.29 is 10.0 Å². The molecular formula is C19H26N6O2. The van der Waals surface area contributed by atoms with E-state index in [-0.39, 0.29) is 5.84 Å². The number of nitrogen functional groups attached to an aromatic ring is 1. The van der Waals surface area contributed by atoms with E-state index in [4.69, 9.17) is 26.5 Å². The molecule has 1 aromatic carbocycles. The highest BCUT2D eigenvalue weighted by Gasteiger charge is 2.18. The number of rotatable bonds is 9. The number of fused-ring (bicyclic) bond motifs is 3. The van der Waals surface area contributed by atoms with Crippen molar-refractivity contribution in [2.45, 2.75) is 45.4 Å². The summed E-state index contributed by atoms with van der Waals surface area (Å²) in [4.78, 5) is 15.3. The van der Waals surface area contributed by atoms with Crippen molar-refractivity contribution in [3.8, 4) is 0 Å². The summed E-state index contributed by atoms with van der Waals surface area (Å²) in [6, 6.07) is 7.85. The van der Waals surface area contributed by atoms with Crippen LogP contribution in [0.3, 0.4) is 0 Å². The zero-order valence-electron chi connectivity index (χ0n) is 15.6. The molecule has 27 heavy (non-hydrogen) atoms. The highest BCUT2D eigenvalue weighted by Crippen LogP contribution is 2.28. The van der Waals surface area contributed by atoms with Gasteiger partial charge < -0.3 is 21.5 Å². The Hall–Kier alpha value is -3.03. The van der Waals surface area contributed by atoms with Gasteiger partial charge in [0.25, 0.3) is 0 Å². The lowest BCUT2D eigenvalue weighted by molar-refractivity contribution is 0.109. The van der Waals surface area contributed by atoms with Crippen molar-refractivity contribution in [3.05, 3.63) is 30.1 Å². The summed E-state index contributed by atoms with van der Waals surface area (Å²) in [6.45, 7) is 2.64. The van der Waals surface area contributed by atoms with E-state index < -0.39 is 0 Å². The standard InChI is InChI=1S/C19H26N6O2/c1-2-3-11-16-23-17-18(13-8-4-5-9-14(13)22-19(17)21)25(16)27-12-7-6-10-15(20)24-26/h4-5,8-9,26H,2-3,6-7,10-12H2,1H3,(H2,20,24)(H2,21,22). The molecule has 0 unspecified atom stereocenters. The largest absolute Gasteiger partial charge is 0.412 e. The number of hydrogen-bond acceptors (Lipinski definition) is 6. The first-order valence-corrected chi connectivity index (χ1v) is 9.31. The molecule has 0 saturated heterocycles. The number of para-hydroxylation sites is 1. The average molecular weight is 370 g/mol. The van der Waals surface area contributed by atoms with Gasteiger partial charge in [-0.25, -0.2) is 9.97 Å². The van der Waals surface area contributed by atoms with Gasteiger partial charge in [0.2, 0.25) is 0 Å². The summed E-state index contributed by atoms with van der Waals surface area (Å²) < 4.78 is 1.81. The Labute approximate surface area is 157 Å². The van der Waals surface area contributed by atoms with Gasteiger partial charge in [0.1, 0.15) is 29.3 Å². The molecule has 0 fully saturated rings. The molecular weight excluding hydrogens is 344 g/mol. The lowest BCUT2D eigenvalue weighted by atomic mass is 10.2. The SMILES string of the molecule is CCCCc1nc2c(N)nc3ccccc3c2n1OCCCC/C(N)=N/O. The van der Waals surface area contributed by atoms with Gasteiger partial charge >= 0.3 is 0 Å². The number of benzene rings is 1. The van der Waals surface area contributed by atoms with Gasteiger partial charge in [-0.1, -0.05) is 36.7 Å². The van der Waals surface area contributed by atoms with E-state index in [0.29, 0.717) is 24.4 Å². The van der Waals surface area contributed by atoms with Gasteiger partial charge in [-0.3, -0.25) is 0 Å². The first-order valence-electron chi connectivity index (χ1n) is 9.31. The number of amidine groups is 1. The predicted octanol–water partition coefficient (Wildman–Crippen LogP) is 2.85. The third-order valence-corrected chi connectivity index (χ3v) is 4.48. The van der Waals surface area contributed by atoms with E-state index in [1.807, 2.05) is 29.0 Å². The molecule has 0 amide bonds. The Morgan fingerprint density at radius 2 is 2.04 bits per heavy atom. The molecule has 0 radical (unpaired) electrons. The fourth-order valence-corrected chi connectivity index (χ4v) is 3.07. The van der Waals surface area contributed by atoms with E-state index in [1.165, 1.54) is 0 Å². The van der Waals surface area contributed by atoms with E-state index in [1.54, 1.807) is 0 Å². The highest BCUT2D eigenvalue weighted by atomic mass is 16.7. The third kappa shape index (κ3) is 4.05. The number of imidazole rings is 1. The fourth-order valence-electron chi connectivity index (χ4n) is 3.07. The number of aromatic nitrogens is 3. The Bertz CT molecular complexity index is 950. The minimum absolute atomic E-state index is 0.233. The van der Waals surface area contributed by atoms with Crippen LogP contribution in [0, 0.1) is 0 Å². The van der Waals surface area contributed by atoms with Crippen molar-refractivity contribution in [1.29, 1.82) is 0 Å². The summed E-state index contributed by atoms with van der Waals surface area (Å²) in [5, 5.41) is 12.6. The minimum Gasteiger partial charge on any atom is -0.412 e. The highest BCUT2D eigenvalue weighted by molar-refractivity contribution is 6.06. The topological polar surface area (TPSA) is 125 Å². The molecule has 0 bridgehead atoms. The van der Waals surface area contributed by atoms with Crippen LogP contribution in [0.1, 0.15) is 44.9 Å². The van der Waals surface area contributed by atoms with Crippen LogP contribution >= 0.6 is 0 Å². The number of nitrogens with zero attached hydrogens (tertiary/aromatic N) is 4. The summed E-state index contributed by atoms with van der Waals surface area (Å²) in [5.41, 5.74) is 14.0. The third-order valence-electron chi connectivity index (χ3n) is 4.48. The van der Waals surface area contributed by atoms with Crippen LogP contribution in [-0.2, 0) is 6.42 Å². The fraction of sp³-hybridized carbons (Fsp3) is 0.421. The van der Waals surface area contributed by atoms with Gasteiger partial charge in [0, 0.05) is 18.2 Å². The molecule has 144 valence electrons. The molecule has 3 aromatic rings. The molecule has 0 saturated carbocycles. The molecule has 0 atom stereocenters. The van der Waals surface area contributed by atoms with Crippen molar-refractivity contribution in [3.63, 3.8) is 0 Å². The summed E-state index contributed by atoms with van der Waals surface area (Å²) >= 11 is 0. The number of pyridine rings is 1. The Kier molecular flexibility index (Phi) is 5.95. The van der Waals surface area contributed by atoms with Gasteiger partial charge in [-0.05, 0) is 25.3 Å². The molecule has 0 aliphatic carbocycles. The maximum absolute atomic E-state index is 8.61. The molecule has 2 heterocycles. The first-order chi connectivity index (χ1) is 13.2. The zero-order chi connectivity index (χ0) is 19.2. The average Bonchev–Trinajstić information content (AvgIpc) is 3.05. The predicted molar refractivity (Wildman–Crippen MR) is 107 cm³/mol. The summed E-state index contributed by atoms with van der Waals surface area (Å²) in [5.74, 6) is 1.50. The number of hydrogen-bond donors (Lipinski definition) is 3. The van der Waals surface area contributed by atoms with Crippen molar-refractivity contribution >= 4 is 33.6 Å². The van der Waals surface area contributed by atoms with E-state index in [2.05, 4.69) is 17.1 Å². The molecule has 2 aromatic heterocycles. The molecule has 0 aliphatic rings. The second-order valence-corrected chi connectivity index (χ2v) is 6.52. The Morgan fingerprint density at radius 3 is 2.81 bits per heavy atom. The maximum Gasteiger partial charge on any atom is 0.152 e. The second-order valence-electron chi connectivity index (χ2n) is 6.52.